The van der Waals surface area contributed by atoms with Gasteiger partial charge in [-0.15, -0.1) is 0 Å². The highest BCUT2D eigenvalue weighted by Crippen LogP contribution is 2.20. The standard InChI is InChI=1S/C8H11ClN4O4S/c1-18(16,17)11-3-2-10-8-5-6(13(14)15)4-7(9)12-8/h4-5,11H,2-3H2,1H3,(H,10,12). The third kappa shape index (κ3) is 5.25. The monoisotopic (exact) mass is 294 g/mol. The van der Waals surface area contributed by atoms with Crippen molar-refractivity contribution in [2.24, 2.45) is 0 Å². The van der Waals surface area contributed by atoms with Crippen molar-refractivity contribution < 1.29 is 13.3 Å². The zero-order valence-corrected chi connectivity index (χ0v) is 11.0. The summed E-state index contributed by atoms with van der Waals surface area (Å²) in [5.74, 6) is 0.213. The lowest BCUT2D eigenvalue weighted by Crippen LogP contribution is -2.27. The molecule has 0 aliphatic heterocycles. The molecule has 2 N–H and O–H groups in total. The lowest BCUT2D eigenvalue weighted by atomic mass is 10.4. The number of sulfonamides is 1. The predicted molar refractivity (Wildman–Crippen MR) is 67.2 cm³/mol. The SMILES string of the molecule is CS(=O)(=O)NCCNc1cc([N+](=O)[O-])cc(Cl)n1. The minimum absolute atomic E-state index is 0.0113. The van der Waals surface area contributed by atoms with Crippen molar-refractivity contribution in [3.05, 3.63) is 27.4 Å². The normalized spacial score (nSPS) is 11.2. The first-order chi connectivity index (χ1) is 8.28. The Morgan fingerprint density at radius 3 is 2.67 bits per heavy atom. The Labute approximate surface area is 109 Å². The fraction of sp³-hybridized carbons (Fsp3) is 0.375. The van der Waals surface area contributed by atoms with Crippen LogP contribution in [-0.2, 0) is 10.0 Å². The van der Waals surface area contributed by atoms with Gasteiger partial charge >= 0.3 is 0 Å². The maximum atomic E-state index is 10.8. The van der Waals surface area contributed by atoms with Gasteiger partial charge in [0.1, 0.15) is 11.0 Å². The fourth-order valence-electron chi connectivity index (χ4n) is 1.11. The molecule has 10 heteroatoms. The van der Waals surface area contributed by atoms with Crippen LogP contribution in [-0.4, -0.2) is 37.7 Å². The van der Waals surface area contributed by atoms with Gasteiger partial charge in [0.25, 0.3) is 5.69 Å². The molecular formula is C8H11ClN4O4S. The third-order valence-corrected chi connectivity index (χ3v) is 2.71. The van der Waals surface area contributed by atoms with Gasteiger partial charge in [0.15, 0.2) is 0 Å². The van der Waals surface area contributed by atoms with Crippen LogP contribution >= 0.6 is 11.6 Å². The van der Waals surface area contributed by atoms with Crippen molar-refractivity contribution in [1.82, 2.24) is 9.71 Å². The minimum Gasteiger partial charge on any atom is -0.368 e. The van der Waals surface area contributed by atoms with Crippen molar-refractivity contribution in [3.63, 3.8) is 0 Å². The molecule has 0 amide bonds. The van der Waals surface area contributed by atoms with Gasteiger partial charge in [-0.1, -0.05) is 11.6 Å². The number of nitrogens with zero attached hydrogens (tertiary/aromatic N) is 2. The van der Waals surface area contributed by atoms with E-state index in [0.29, 0.717) is 0 Å². The first kappa shape index (κ1) is 14.6. The molecule has 100 valence electrons. The Bertz CT molecular complexity index is 548. The van der Waals surface area contributed by atoms with Crippen LogP contribution in [0.15, 0.2) is 12.1 Å². The Kier molecular flexibility index (Phi) is 4.82. The lowest BCUT2D eigenvalue weighted by Gasteiger charge is -2.06. The van der Waals surface area contributed by atoms with E-state index in [2.05, 4.69) is 15.0 Å². The number of nitrogens with one attached hydrogen (secondary N) is 2. The molecule has 1 aromatic heterocycles. The Morgan fingerprint density at radius 1 is 1.44 bits per heavy atom. The molecule has 0 saturated carbocycles. The number of hydrogen-bond acceptors (Lipinski definition) is 6. The molecule has 1 aromatic rings. The topological polar surface area (TPSA) is 114 Å². The van der Waals surface area contributed by atoms with Gasteiger partial charge in [-0.25, -0.2) is 18.1 Å². The molecule has 8 nitrogen and oxygen atoms in total. The summed E-state index contributed by atoms with van der Waals surface area (Å²) in [6.45, 7) is 0.373. The van der Waals surface area contributed by atoms with Crippen LogP contribution in [0.5, 0.6) is 0 Å². The second-order valence-electron chi connectivity index (χ2n) is 3.38. The highest BCUT2D eigenvalue weighted by Gasteiger charge is 2.09. The van der Waals surface area contributed by atoms with Crippen LogP contribution in [0.3, 0.4) is 0 Å². The van der Waals surface area contributed by atoms with E-state index in [0.717, 1.165) is 12.3 Å². The zero-order valence-electron chi connectivity index (χ0n) is 9.38. The van der Waals surface area contributed by atoms with Gasteiger partial charge in [0, 0.05) is 13.1 Å². The van der Waals surface area contributed by atoms with Gasteiger partial charge < -0.3 is 5.32 Å². The van der Waals surface area contributed by atoms with Crippen LogP contribution in [0.2, 0.25) is 5.15 Å². The summed E-state index contributed by atoms with van der Waals surface area (Å²) in [4.78, 5) is 13.8. The van der Waals surface area contributed by atoms with Gasteiger partial charge in [-0.05, 0) is 0 Å². The molecule has 0 bridgehead atoms. The summed E-state index contributed by atoms with van der Waals surface area (Å²) in [6.07, 6.45) is 1.04. The maximum absolute atomic E-state index is 10.8. The molecule has 0 spiro atoms. The summed E-state index contributed by atoms with van der Waals surface area (Å²) in [7, 11) is -3.25. The van der Waals surface area contributed by atoms with Crippen molar-refractivity contribution >= 4 is 33.1 Å². The van der Waals surface area contributed by atoms with E-state index in [1.165, 1.54) is 6.07 Å². The van der Waals surface area contributed by atoms with Crippen LogP contribution in [0.1, 0.15) is 0 Å². The number of nitro groups is 1. The van der Waals surface area contributed by atoms with Gasteiger partial charge in [-0.3, -0.25) is 10.1 Å². The molecular weight excluding hydrogens is 284 g/mol. The van der Waals surface area contributed by atoms with Crippen LogP contribution in [0.4, 0.5) is 11.5 Å². The number of aromatic nitrogens is 1. The summed E-state index contributed by atoms with van der Waals surface area (Å²) >= 11 is 5.61. The van der Waals surface area contributed by atoms with Crippen molar-refractivity contribution in [3.8, 4) is 0 Å². The van der Waals surface area contributed by atoms with Gasteiger partial charge in [0.05, 0.1) is 23.3 Å². The second kappa shape index (κ2) is 5.94. The Balaban J connectivity index is 2.60. The number of pyridine rings is 1. The highest BCUT2D eigenvalue weighted by atomic mass is 35.5. The van der Waals surface area contributed by atoms with Gasteiger partial charge in [0.2, 0.25) is 10.0 Å². The van der Waals surface area contributed by atoms with Crippen LogP contribution < -0.4 is 10.0 Å². The molecule has 0 radical (unpaired) electrons. The average molecular weight is 295 g/mol. The predicted octanol–water partition coefficient (Wildman–Crippen LogP) is 0.604. The van der Waals surface area contributed by atoms with E-state index in [-0.39, 0.29) is 29.7 Å². The number of anilines is 1. The third-order valence-electron chi connectivity index (χ3n) is 1.79. The molecule has 18 heavy (non-hydrogen) atoms. The molecule has 0 aliphatic rings. The Hall–Kier alpha value is -1.45. The second-order valence-corrected chi connectivity index (χ2v) is 5.60. The molecule has 0 fully saturated rings. The fourth-order valence-corrected chi connectivity index (χ4v) is 1.78. The summed E-state index contributed by atoms with van der Waals surface area (Å²) in [6, 6.07) is 2.34. The van der Waals surface area contributed by atoms with Crippen molar-refractivity contribution in [1.29, 1.82) is 0 Å². The Morgan fingerprint density at radius 2 is 2.11 bits per heavy atom. The lowest BCUT2D eigenvalue weighted by molar-refractivity contribution is -0.384. The molecule has 1 rings (SSSR count). The quantitative estimate of drug-likeness (QED) is 0.344. The van der Waals surface area contributed by atoms with E-state index in [9.17, 15) is 18.5 Å². The smallest absolute Gasteiger partial charge is 0.276 e. The van der Waals surface area contributed by atoms with Crippen LogP contribution in [0, 0.1) is 10.1 Å². The van der Waals surface area contributed by atoms with Crippen LogP contribution in [0.25, 0.3) is 0 Å². The minimum atomic E-state index is -3.25. The van der Waals surface area contributed by atoms with E-state index >= 15 is 0 Å². The van der Waals surface area contributed by atoms with E-state index in [1.807, 2.05) is 0 Å². The summed E-state index contributed by atoms with van der Waals surface area (Å²) < 4.78 is 23.8. The van der Waals surface area contributed by atoms with Crippen molar-refractivity contribution in [2.75, 3.05) is 24.7 Å². The molecule has 0 saturated heterocycles. The number of rotatable bonds is 6. The number of halogens is 1. The summed E-state index contributed by atoms with van der Waals surface area (Å²) in [5.41, 5.74) is -0.187. The molecule has 0 aromatic carbocycles. The maximum Gasteiger partial charge on any atom is 0.276 e. The molecule has 0 unspecified atom stereocenters. The first-order valence-corrected chi connectivity index (χ1v) is 7.05. The zero-order chi connectivity index (χ0) is 13.8. The largest absolute Gasteiger partial charge is 0.368 e. The van der Waals surface area contributed by atoms with E-state index in [4.69, 9.17) is 11.6 Å². The van der Waals surface area contributed by atoms with Crippen molar-refractivity contribution in [2.45, 2.75) is 0 Å². The summed E-state index contributed by atoms with van der Waals surface area (Å²) in [5, 5.41) is 13.3. The van der Waals surface area contributed by atoms with E-state index in [1.54, 1.807) is 0 Å². The molecule has 0 atom stereocenters. The van der Waals surface area contributed by atoms with Gasteiger partial charge in [-0.2, -0.15) is 0 Å². The average Bonchev–Trinajstić information content (AvgIpc) is 2.22. The first-order valence-electron chi connectivity index (χ1n) is 4.78. The molecule has 1 heterocycles. The number of hydrogen-bond donors (Lipinski definition) is 2. The highest BCUT2D eigenvalue weighted by molar-refractivity contribution is 7.88. The molecule has 0 aliphatic carbocycles. The van der Waals surface area contributed by atoms with E-state index < -0.39 is 14.9 Å².